The fraction of sp³-hybridized carbons (Fsp3) is 0.214. The number of rotatable bonds is 7. The highest BCUT2D eigenvalue weighted by Gasteiger charge is 2.22. The molecule has 8 nitrogen and oxygen atoms in total. The molecule has 3 aromatic carbocycles. The molecule has 0 saturated carbocycles. The average Bonchev–Trinajstić information content (AvgIpc) is 3.45. The molecule has 0 fully saturated rings. The smallest absolute Gasteiger partial charge is 0.231 e. The molecule has 1 aliphatic rings. The predicted octanol–water partition coefficient (Wildman–Crippen LogP) is 5.45. The number of nitrogens with zero attached hydrogens (tertiary/aromatic N) is 3. The number of hydrogen-bond donors (Lipinski definition) is 2. The number of benzene rings is 3. The first-order valence-corrected chi connectivity index (χ1v) is 12.6. The molecule has 190 valence electrons. The Balaban J connectivity index is 1.59. The van der Waals surface area contributed by atoms with Gasteiger partial charge in [0, 0.05) is 41.1 Å². The van der Waals surface area contributed by atoms with E-state index in [0.29, 0.717) is 35.0 Å². The minimum Gasteiger partial charge on any atom is -0.494 e. The van der Waals surface area contributed by atoms with Gasteiger partial charge in [0.05, 0.1) is 22.5 Å². The van der Waals surface area contributed by atoms with Crippen molar-refractivity contribution in [2.75, 3.05) is 38.9 Å². The number of aromatic amines is 1. The number of halogens is 1. The molecule has 4 aromatic rings. The second-order valence-electron chi connectivity index (χ2n) is 9.06. The summed E-state index contributed by atoms with van der Waals surface area (Å²) in [4.78, 5) is 24.1. The Morgan fingerprint density at radius 2 is 1.78 bits per heavy atom. The lowest BCUT2D eigenvalue weighted by Crippen LogP contribution is -2.35. The van der Waals surface area contributed by atoms with Gasteiger partial charge in [0.1, 0.15) is 0 Å². The van der Waals surface area contributed by atoms with E-state index in [2.05, 4.69) is 20.9 Å². The van der Waals surface area contributed by atoms with Crippen LogP contribution in [0, 0.1) is 0 Å². The second-order valence-corrected chi connectivity index (χ2v) is 9.97. The van der Waals surface area contributed by atoms with Crippen LogP contribution in [0.4, 0.5) is 11.4 Å². The number of hydrogen-bond acceptors (Lipinski definition) is 6. The molecule has 2 N–H and O–H groups in total. The Bertz CT molecular complexity index is 1490. The highest BCUT2D eigenvalue weighted by atomic mass is 79.9. The minimum atomic E-state index is -0.0194. The van der Waals surface area contributed by atoms with Gasteiger partial charge in [-0.1, -0.05) is 22.0 Å². The molecule has 0 spiro atoms. The van der Waals surface area contributed by atoms with Gasteiger partial charge in [0.15, 0.2) is 17.4 Å². The molecule has 37 heavy (non-hydrogen) atoms. The summed E-state index contributed by atoms with van der Waals surface area (Å²) in [7, 11) is 3.96. The van der Waals surface area contributed by atoms with Crippen LogP contribution in [-0.2, 0) is 4.79 Å². The molecule has 0 unspecified atom stereocenters. The molecule has 0 radical (unpaired) electrons. The Hall–Kier alpha value is -3.82. The molecule has 0 atom stereocenters. The molecular formula is C28H27BrN4O4. The normalized spacial score (nSPS) is 12.9. The minimum absolute atomic E-state index is 0.0194. The van der Waals surface area contributed by atoms with E-state index in [-0.39, 0.29) is 18.6 Å². The highest BCUT2D eigenvalue weighted by molar-refractivity contribution is 9.10. The number of aromatic nitrogens is 1. The third kappa shape index (κ3) is 5.19. The summed E-state index contributed by atoms with van der Waals surface area (Å²) in [6.45, 7) is 3.08. The summed E-state index contributed by atoms with van der Waals surface area (Å²) < 4.78 is 12.0. The number of carbonyl (C=O) groups excluding carboxylic acids is 1. The van der Waals surface area contributed by atoms with Crippen LogP contribution in [0.1, 0.15) is 18.1 Å². The zero-order valence-corrected chi connectivity index (χ0v) is 22.4. The van der Waals surface area contributed by atoms with Crippen molar-refractivity contribution in [1.29, 1.82) is 0 Å². The van der Waals surface area contributed by atoms with E-state index in [1.165, 1.54) is 0 Å². The van der Waals surface area contributed by atoms with Crippen LogP contribution < -0.4 is 14.4 Å². The molecule has 1 aromatic heterocycles. The van der Waals surface area contributed by atoms with Gasteiger partial charge in [-0.15, -0.1) is 0 Å². The molecule has 0 saturated heterocycles. The van der Waals surface area contributed by atoms with Gasteiger partial charge >= 0.3 is 0 Å². The number of amides is 1. The fourth-order valence-electron chi connectivity index (χ4n) is 4.31. The van der Waals surface area contributed by atoms with E-state index in [1.807, 2.05) is 79.7 Å². The number of aromatic hydroxyl groups is 1. The zero-order chi connectivity index (χ0) is 26.1. The summed E-state index contributed by atoms with van der Waals surface area (Å²) in [5.41, 5.74) is 4.19. The number of ether oxygens (including phenoxy) is 2. The van der Waals surface area contributed by atoms with Crippen LogP contribution in [0.15, 0.2) is 70.1 Å². The Labute approximate surface area is 223 Å². The van der Waals surface area contributed by atoms with Crippen molar-refractivity contribution in [2.24, 2.45) is 4.99 Å². The lowest BCUT2D eigenvalue weighted by atomic mass is 10.00. The Morgan fingerprint density at radius 1 is 1.03 bits per heavy atom. The van der Waals surface area contributed by atoms with Crippen molar-refractivity contribution in [2.45, 2.75) is 6.92 Å². The Morgan fingerprint density at radius 3 is 2.51 bits per heavy atom. The largest absolute Gasteiger partial charge is 0.494 e. The third-order valence-electron chi connectivity index (χ3n) is 6.18. The van der Waals surface area contributed by atoms with Crippen molar-refractivity contribution in [3.63, 3.8) is 0 Å². The zero-order valence-electron chi connectivity index (χ0n) is 20.8. The van der Waals surface area contributed by atoms with Crippen LogP contribution in [-0.4, -0.2) is 60.6 Å². The van der Waals surface area contributed by atoms with Crippen LogP contribution >= 0.6 is 15.9 Å². The van der Waals surface area contributed by atoms with Gasteiger partial charge in [-0.2, -0.15) is 0 Å². The van der Waals surface area contributed by atoms with Gasteiger partial charge in [-0.3, -0.25) is 4.79 Å². The monoisotopic (exact) mass is 562 g/mol. The molecule has 1 amide bonds. The van der Waals surface area contributed by atoms with Gasteiger partial charge in [-0.25, -0.2) is 4.99 Å². The number of carbonyl (C=O) groups is 1. The van der Waals surface area contributed by atoms with Crippen LogP contribution in [0.2, 0.25) is 0 Å². The molecule has 5 rings (SSSR count). The van der Waals surface area contributed by atoms with Crippen LogP contribution in [0.5, 0.6) is 17.4 Å². The van der Waals surface area contributed by atoms with Gasteiger partial charge in [0.25, 0.3) is 0 Å². The first kappa shape index (κ1) is 24.9. The topological polar surface area (TPSA) is 90.4 Å². The summed E-state index contributed by atoms with van der Waals surface area (Å²) in [5.74, 6) is 1.30. The second kappa shape index (κ2) is 10.3. The average molecular weight is 563 g/mol. The molecule has 2 heterocycles. The third-order valence-corrected chi connectivity index (χ3v) is 6.67. The van der Waals surface area contributed by atoms with Crippen molar-refractivity contribution >= 4 is 49.8 Å². The predicted molar refractivity (Wildman–Crippen MR) is 149 cm³/mol. The lowest BCUT2D eigenvalue weighted by Gasteiger charge is -2.23. The molecule has 9 heteroatoms. The van der Waals surface area contributed by atoms with Gasteiger partial charge < -0.3 is 29.4 Å². The van der Waals surface area contributed by atoms with Gasteiger partial charge in [0.2, 0.25) is 12.7 Å². The van der Waals surface area contributed by atoms with Crippen LogP contribution in [0.3, 0.4) is 0 Å². The fourth-order valence-corrected chi connectivity index (χ4v) is 4.67. The number of anilines is 1. The molecule has 1 aliphatic heterocycles. The molecule has 0 bridgehead atoms. The number of aliphatic imine (C=N–C) groups is 1. The maximum atomic E-state index is 12.3. The van der Waals surface area contributed by atoms with Crippen molar-refractivity contribution in [3.05, 3.63) is 76.3 Å². The van der Waals surface area contributed by atoms with Crippen molar-refractivity contribution < 1.29 is 19.4 Å². The standard InChI is InChI=1S/C28H27BrN4O4/c1-17(34)33(13-12-32(2)3)21-8-6-20(7-9-21)30-27(18-4-11-24-25(14-18)37-16-36-24)26-22-10-5-19(29)15-23(22)31-28(26)35/h4-11,14-15,31,35H,12-13,16H2,1-3H3. The number of fused-ring (bicyclic) bond motifs is 2. The SMILES string of the molecule is CC(=O)N(CCN(C)C)c1ccc(N=C(c2ccc3c(c2)OCO3)c2c(O)[nH]c3cc(Br)ccc23)cc1. The summed E-state index contributed by atoms with van der Waals surface area (Å²) >= 11 is 3.49. The number of nitrogens with one attached hydrogen (secondary N) is 1. The van der Waals surface area contributed by atoms with E-state index in [9.17, 15) is 9.90 Å². The van der Waals surface area contributed by atoms with E-state index in [0.717, 1.165) is 33.2 Å². The quantitative estimate of drug-likeness (QED) is 0.292. The lowest BCUT2D eigenvalue weighted by molar-refractivity contribution is -0.116. The highest BCUT2D eigenvalue weighted by Crippen LogP contribution is 2.37. The maximum Gasteiger partial charge on any atom is 0.231 e. The Kier molecular flexibility index (Phi) is 6.90. The summed E-state index contributed by atoms with van der Waals surface area (Å²) in [6.07, 6.45) is 0. The summed E-state index contributed by atoms with van der Waals surface area (Å²) in [5, 5.41) is 11.8. The van der Waals surface area contributed by atoms with Gasteiger partial charge in [-0.05, 0) is 68.7 Å². The van der Waals surface area contributed by atoms with Crippen molar-refractivity contribution in [3.8, 4) is 17.4 Å². The molecule has 0 aliphatic carbocycles. The first-order chi connectivity index (χ1) is 17.8. The van der Waals surface area contributed by atoms with E-state index < -0.39 is 0 Å². The number of H-pyrrole nitrogens is 1. The van der Waals surface area contributed by atoms with Crippen molar-refractivity contribution in [1.82, 2.24) is 9.88 Å². The maximum absolute atomic E-state index is 12.3. The van der Waals surface area contributed by atoms with E-state index >= 15 is 0 Å². The van der Waals surface area contributed by atoms with E-state index in [1.54, 1.807) is 11.8 Å². The van der Waals surface area contributed by atoms with E-state index in [4.69, 9.17) is 14.5 Å². The number of likely N-dealkylation sites (N-methyl/N-ethyl adjacent to an activating group) is 1. The summed E-state index contributed by atoms with van der Waals surface area (Å²) in [6, 6.07) is 18.9. The molecular weight excluding hydrogens is 536 g/mol. The van der Waals surface area contributed by atoms with Crippen LogP contribution in [0.25, 0.3) is 10.9 Å². The first-order valence-electron chi connectivity index (χ1n) is 11.8.